The van der Waals surface area contributed by atoms with Crippen LogP contribution in [0.15, 0.2) is 150 Å². The van der Waals surface area contributed by atoms with Gasteiger partial charge in [0.15, 0.2) is 0 Å². The molecule has 0 saturated carbocycles. The molecule has 0 amide bonds. The number of para-hydroxylation sites is 1. The van der Waals surface area contributed by atoms with Gasteiger partial charge in [-0.05, 0) is 90.1 Å². The van der Waals surface area contributed by atoms with Gasteiger partial charge in [0.05, 0.1) is 0 Å². The molecule has 0 aliphatic heterocycles. The standard InChI is InChI=1S/C44H28O/c1-2-9-35-33(7-1)34-8-3-4-10-36(34)41-26-32(22-23-37(35)41)28-15-13-27(14-16-28)31-20-18-29-17-19-30-21-24-39-38-11-5-6-12-42(38)45-44(39)43(30)40(29)25-31/h1-24,26,31H,25H2. The first-order valence-electron chi connectivity index (χ1n) is 15.8. The molecule has 0 N–H and O–H groups in total. The number of hydrogen-bond donors (Lipinski definition) is 0. The Bertz CT molecular complexity index is 2630. The normalized spacial score (nSPS) is 14.7. The molecule has 0 radical (unpaired) electrons. The van der Waals surface area contributed by atoms with Crippen LogP contribution in [0.5, 0.6) is 0 Å². The lowest BCUT2D eigenvalue weighted by atomic mass is 9.82. The van der Waals surface area contributed by atoms with E-state index in [1.165, 1.54) is 81.7 Å². The second-order valence-corrected chi connectivity index (χ2v) is 12.4. The minimum atomic E-state index is 0.309. The number of rotatable bonds is 2. The maximum atomic E-state index is 6.49. The van der Waals surface area contributed by atoms with Crippen molar-refractivity contribution in [1.82, 2.24) is 0 Å². The first kappa shape index (κ1) is 24.7. The number of fused-ring (bicyclic) bond motifs is 13. The first-order chi connectivity index (χ1) is 22.3. The Morgan fingerprint density at radius 1 is 0.489 bits per heavy atom. The minimum absolute atomic E-state index is 0.309. The predicted molar refractivity (Wildman–Crippen MR) is 191 cm³/mol. The van der Waals surface area contributed by atoms with Crippen LogP contribution in [0, 0.1) is 0 Å². The quantitative estimate of drug-likeness (QED) is 0.188. The Balaban J connectivity index is 1.05. The van der Waals surface area contributed by atoms with Crippen LogP contribution in [-0.4, -0.2) is 0 Å². The summed E-state index contributed by atoms with van der Waals surface area (Å²) in [5.41, 5.74) is 8.45. The van der Waals surface area contributed by atoms with Crippen molar-refractivity contribution in [2.24, 2.45) is 0 Å². The van der Waals surface area contributed by atoms with Gasteiger partial charge in [0, 0.05) is 22.1 Å². The van der Waals surface area contributed by atoms with E-state index in [1.54, 1.807) is 0 Å². The summed E-state index contributed by atoms with van der Waals surface area (Å²) in [4.78, 5) is 0. The third-order valence-corrected chi connectivity index (χ3v) is 10.0. The van der Waals surface area contributed by atoms with Gasteiger partial charge in [-0.2, -0.15) is 0 Å². The Morgan fingerprint density at radius 3 is 1.84 bits per heavy atom. The molecule has 8 aromatic carbocycles. The summed E-state index contributed by atoms with van der Waals surface area (Å²) in [6.07, 6.45) is 5.63. The molecule has 0 fully saturated rings. The molecule has 0 spiro atoms. The second-order valence-electron chi connectivity index (χ2n) is 12.4. The Labute approximate surface area is 260 Å². The number of hydrogen-bond acceptors (Lipinski definition) is 1. The van der Waals surface area contributed by atoms with Gasteiger partial charge in [0.25, 0.3) is 0 Å². The fourth-order valence-electron chi connectivity index (χ4n) is 7.80. The van der Waals surface area contributed by atoms with Crippen molar-refractivity contribution in [2.75, 3.05) is 0 Å². The second kappa shape index (κ2) is 9.42. The maximum Gasteiger partial charge on any atom is 0.143 e. The molecule has 1 unspecified atom stereocenters. The highest BCUT2D eigenvalue weighted by Gasteiger charge is 2.21. The number of benzene rings is 8. The lowest BCUT2D eigenvalue weighted by Crippen LogP contribution is -2.06. The fraction of sp³-hybridized carbons (Fsp3) is 0.0455. The third kappa shape index (κ3) is 3.68. The zero-order valence-corrected chi connectivity index (χ0v) is 24.6. The molecule has 0 saturated heterocycles. The van der Waals surface area contributed by atoms with Gasteiger partial charge in [-0.1, -0.05) is 133 Å². The molecular weight excluding hydrogens is 544 g/mol. The predicted octanol–water partition coefficient (Wildman–Crippen LogP) is 12.2. The minimum Gasteiger partial charge on any atom is -0.455 e. The van der Waals surface area contributed by atoms with E-state index in [0.717, 1.165) is 17.6 Å². The van der Waals surface area contributed by atoms with E-state index in [1.807, 2.05) is 6.07 Å². The molecule has 1 atom stereocenters. The molecule has 1 nitrogen and oxygen atoms in total. The topological polar surface area (TPSA) is 13.1 Å². The largest absolute Gasteiger partial charge is 0.455 e. The van der Waals surface area contributed by atoms with Gasteiger partial charge in [-0.15, -0.1) is 0 Å². The van der Waals surface area contributed by atoms with E-state index in [-0.39, 0.29) is 0 Å². The van der Waals surface area contributed by atoms with Gasteiger partial charge in [0.2, 0.25) is 0 Å². The summed E-state index contributed by atoms with van der Waals surface area (Å²) in [5.74, 6) is 0.309. The van der Waals surface area contributed by atoms with E-state index in [2.05, 4.69) is 146 Å². The van der Waals surface area contributed by atoms with E-state index in [0.29, 0.717) is 5.92 Å². The van der Waals surface area contributed by atoms with Crippen LogP contribution in [0.25, 0.3) is 82.2 Å². The Kier molecular flexibility index (Phi) is 5.18. The highest BCUT2D eigenvalue weighted by molar-refractivity contribution is 6.25. The molecule has 1 aliphatic rings. The van der Waals surface area contributed by atoms with E-state index in [4.69, 9.17) is 4.42 Å². The molecular formula is C44H28O. The Morgan fingerprint density at radius 2 is 1.09 bits per heavy atom. The maximum absolute atomic E-state index is 6.49. The van der Waals surface area contributed by atoms with Crippen molar-refractivity contribution in [1.29, 1.82) is 0 Å². The van der Waals surface area contributed by atoms with E-state index >= 15 is 0 Å². The van der Waals surface area contributed by atoms with Crippen molar-refractivity contribution in [3.63, 3.8) is 0 Å². The summed E-state index contributed by atoms with van der Waals surface area (Å²) in [6, 6.07) is 51.1. The monoisotopic (exact) mass is 572 g/mol. The zero-order chi connectivity index (χ0) is 29.5. The van der Waals surface area contributed by atoms with Crippen molar-refractivity contribution in [3.8, 4) is 11.1 Å². The fourth-order valence-corrected chi connectivity index (χ4v) is 7.80. The van der Waals surface area contributed by atoms with E-state index in [9.17, 15) is 0 Å². The average Bonchev–Trinajstić information content (AvgIpc) is 3.50. The summed E-state index contributed by atoms with van der Waals surface area (Å²) >= 11 is 0. The van der Waals surface area contributed by atoms with E-state index < -0.39 is 0 Å². The summed E-state index contributed by atoms with van der Waals surface area (Å²) in [6.45, 7) is 0. The average molecular weight is 573 g/mol. The van der Waals surface area contributed by atoms with Crippen molar-refractivity contribution >= 4 is 71.1 Å². The van der Waals surface area contributed by atoms with Crippen LogP contribution in [0.2, 0.25) is 0 Å². The molecule has 1 aliphatic carbocycles. The number of furan rings is 1. The summed E-state index contributed by atoms with van der Waals surface area (Å²) in [7, 11) is 0. The molecule has 1 aromatic heterocycles. The van der Waals surface area contributed by atoms with Crippen LogP contribution in [0.4, 0.5) is 0 Å². The van der Waals surface area contributed by atoms with Crippen LogP contribution < -0.4 is 0 Å². The molecule has 1 heteroatoms. The highest BCUT2D eigenvalue weighted by Crippen LogP contribution is 2.41. The zero-order valence-electron chi connectivity index (χ0n) is 24.6. The van der Waals surface area contributed by atoms with Crippen LogP contribution in [0.1, 0.15) is 22.6 Å². The van der Waals surface area contributed by atoms with Crippen LogP contribution in [-0.2, 0) is 6.42 Å². The van der Waals surface area contributed by atoms with Crippen LogP contribution in [0.3, 0.4) is 0 Å². The van der Waals surface area contributed by atoms with Crippen molar-refractivity contribution < 1.29 is 4.42 Å². The smallest absolute Gasteiger partial charge is 0.143 e. The summed E-state index contributed by atoms with van der Waals surface area (Å²) < 4.78 is 6.49. The van der Waals surface area contributed by atoms with Gasteiger partial charge in [0.1, 0.15) is 11.2 Å². The highest BCUT2D eigenvalue weighted by atomic mass is 16.3. The molecule has 45 heavy (non-hydrogen) atoms. The SMILES string of the molecule is C1=CC(c2ccc(-c3ccc4c5ccccc5c5ccccc5c4c3)cc2)Cc2c1ccc1ccc3c4ccccc4oc3c21. The first-order valence-corrected chi connectivity index (χ1v) is 15.8. The summed E-state index contributed by atoms with van der Waals surface area (Å²) in [5, 5.41) is 12.7. The van der Waals surface area contributed by atoms with Gasteiger partial charge < -0.3 is 4.42 Å². The Hall–Kier alpha value is -5.66. The molecule has 210 valence electrons. The third-order valence-electron chi connectivity index (χ3n) is 10.0. The van der Waals surface area contributed by atoms with Gasteiger partial charge in [-0.3, -0.25) is 0 Å². The molecule has 9 aromatic rings. The van der Waals surface area contributed by atoms with Gasteiger partial charge >= 0.3 is 0 Å². The lowest BCUT2D eigenvalue weighted by molar-refractivity contribution is 0.672. The van der Waals surface area contributed by atoms with Crippen molar-refractivity contribution in [3.05, 3.63) is 162 Å². The van der Waals surface area contributed by atoms with Gasteiger partial charge in [-0.25, -0.2) is 0 Å². The van der Waals surface area contributed by atoms with Crippen molar-refractivity contribution in [2.45, 2.75) is 12.3 Å². The molecule has 10 rings (SSSR count). The molecule has 1 heterocycles. The van der Waals surface area contributed by atoms with Crippen LogP contribution >= 0.6 is 0 Å². The molecule has 0 bridgehead atoms. The number of allylic oxidation sites excluding steroid dienone is 1. The lowest BCUT2D eigenvalue weighted by Gasteiger charge is -2.22.